The fourth-order valence-electron chi connectivity index (χ4n) is 2.41. The lowest BCUT2D eigenvalue weighted by Crippen LogP contribution is -2.43. The first-order valence-electron chi connectivity index (χ1n) is 8.64. The number of nitrogens with one attached hydrogen (secondary N) is 2. The molecule has 2 N–H and O–H groups in total. The van der Waals surface area contributed by atoms with E-state index >= 15 is 0 Å². The van der Waals surface area contributed by atoms with Crippen LogP contribution in [0.5, 0.6) is 0 Å². The molecule has 7 heteroatoms. The molecule has 0 spiro atoms. The Morgan fingerprint density at radius 3 is 2.72 bits per heavy atom. The quantitative estimate of drug-likeness (QED) is 0.326. The van der Waals surface area contributed by atoms with Gasteiger partial charge in [0.1, 0.15) is 0 Å². The minimum Gasteiger partial charge on any atom is -0.357 e. The molecule has 0 amide bonds. The second kappa shape index (κ2) is 11.9. The van der Waals surface area contributed by atoms with E-state index < -0.39 is 0 Å². The molecule has 2 heterocycles. The van der Waals surface area contributed by atoms with Crippen molar-refractivity contribution in [1.82, 2.24) is 15.6 Å². The van der Waals surface area contributed by atoms with Gasteiger partial charge in [-0.25, -0.2) is 4.98 Å². The van der Waals surface area contributed by atoms with Crippen molar-refractivity contribution in [3.05, 3.63) is 38.0 Å². The Labute approximate surface area is 176 Å². The molecule has 4 nitrogen and oxygen atoms in total. The first-order chi connectivity index (χ1) is 11.6. The third-order valence-corrected chi connectivity index (χ3v) is 5.64. The van der Waals surface area contributed by atoms with Gasteiger partial charge in [-0.05, 0) is 39.3 Å². The van der Waals surface area contributed by atoms with Crippen LogP contribution in [0.2, 0.25) is 0 Å². The van der Waals surface area contributed by atoms with Gasteiger partial charge in [0, 0.05) is 47.1 Å². The highest BCUT2D eigenvalue weighted by atomic mass is 127. The number of aliphatic imine (C=N–C) groups is 1. The Morgan fingerprint density at radius 1 is 1.32 bits per heavy atom. The molecule has 0 radical (unpaired) electrons. The Kier molecular flexibility index (Phi) is 10.6. The van der Waals surface area contributed by atoms with E-state index in [1.807, 2.05) is 11.3 Å². The van der Waals surface area contributed by atoms with Crippen LogP contribution in [-0.4, -0.2) is 30.1 Å². The van der Waals surface area contributed by atoms with Gasteiger partial charge in [0.05, 0.1) is 10.7 Å². The zero-order valence-corrected chi connectivity index (χ0v) is 19.4. The first kappa shape index (κ1) is 22.4. The largest absolute Gasteiger partial charge is 0.357 e. The first-order valence-corrected chi connectivity index (χ1v) is 10.3. The predicted molar refractivity (Wildman–Crippen MR) is 122 cm³/mol. The fourth-order valence-corrected chi connectivity index (χ4v) is 4.21. The summed E-state index contributed by atoms with van der Waals surface area (Å²) in [5.41, 5.74) is 1.15. The summed E-state index contributed by atoms with van der Waals surface area (Å²) in [6, 6.07) is 4.76. The van der Waals surface area contributed by atoms with Gasteiger partial charge < -0.3 is 10.6 Å². The summed E-state index contributed by atoms with van der Waals surface area (Å²) in [4.78, 5) is 12.1. The monoisotopic (exact) mass is 492 g/mol. The summed E-state index contributed by atoms with van der Waals surface area (Å²) < 4.78 is 0. The number of nitrogens with zero attached hydrogens (tertiary/aromatic N) is 2. The van der Waals surface area contributed by atoms with Gasteiger partial charge in [-0.15, -0.1) is 46.7 Å². The fraction of sp³-hybridized carbons (Fsp3) is 0.556. The lowest BCUT2D eigenvalue weighted by atomic mass is 10.2. The van der Waals surface area contributed by atoms with Crippen molar-refractivity contribution < 1.29 is 0 Å². The number of hydrogen-bond donors (Lipinski definition) is 2. The van der Waals surface area contributed by atoms with E-state index in [1.54, 1.807) is 11.3 Å². The van der Waals surface area contributed by atoms with Crippen LogP contribution in [0, 0.1) is 6.92 Å². The number of guanidine groups is 1. The molecule has 25 heavy (non-hydrogen) atoms. The molecule has 0 fully saturated rings. The summed E-state index contributed by atoms with van der Waals surface area (Å²) in [7, 11) is 0. The molecule has 0 aliphatic heterocycles. The van der Waals surface area contributed by atoms with Gasteiger partial charge in [0.2, 0.25) is 0 Å². The lowest BCUT2D eigenvalue weighted by Gasteiger charge is -2.17. The Morgan fingerprint density at radius 2 is 2.12 bits per heavy atom. The summed E-state index contributed by atoms with van der Waals surface area (Å²) in [5, 5.41) is 10.2. The highest BCUT2D eigenvalue weighted by Crippen LogP contribution is 2.16. The molecule has 0 aliphatic rings. The number of thiazole rings is 1. The minimum absolute atomic E-state index is 0. The van der Waals surface area contributed by atoms with E-state index in [9.17, 15) is 0 Å². The van der Waals surface area contributed by atoms with Crippen molar-refractivity contribution in [1.29, 1.82) is 0 Å². The van der Waals surface area contributed by atoms with E-state index in [4.69, 9.17) is 4.99 Å². The van der Waals surface area contributed by atoms with Gasteiger partial charge in [-0.3, -0.25) is 4.99 Å². The second-order valence-electron chi connectivity index (χ2n) is 5.86. The SMILES string of the molecule is CCNC(=NCCc1csc(CC)n1)NC(C)Cc1ccc(C)s1.I. The zero-order chi connectivity index (χ0) is 17.4. The highest BCUT2D eigenvalue weighted by Gasteiger charge is 2.08. The maximum atomic E-state index is 4.69. The molecule has 0 bridgehead atoms. The average molecular weight is 492 g/mol. The van der Waals surface area contributed by atoms with E-state index in [-0.39, 0.29) is 24.0 Å². The summed E-state index contributed by atoms with van der Waals surface area (Å²) in [5.74, 6) is 0.893. The number of rotatable bonds is 8. The van der Waals surface area contributed by atoms with Gasteiger partial charge in [0.15, 0.2) is 5.96 Å². The maximum absolute atomic E-state index is 4.69. The number of aryl methyl sites for hydroxylation is 2. The Balaban J connectivity index is 0.00000312. The Hall–Kier alpha value is -0.670. The van der Waals surface area contributed by atoms with Crippen molar-refractivity contribution >= 4 is 52.6 Å². The smallest absolute Gasteiger partial charge is 0.191 e. The number of hydrogen-bond acceptors (Lipinski definition) is 4. The van der Waals surface area contributed by atoms with Crippen molar-refractivity contribution in [2.24, 2.45) is 4.99 Å². The predicted octanol–water partition coefficient (Wildman–Crippen LogP) is 4.42. The van der Waals surface area contributed by atoms with Crippen molar-refractivity contribution in [3.8, 4) is 0 Å². The summed E-state index contributed by atoms with van der Waals surface area (Å²) >= 11 is 3.61. The van der Waals surface area contributed by atoms with Crippen molar-refractivity contribution in [2.75, 3.05) is 13.1 Å². The molecule has 1 unspecified atom stereocenters. The molecule has 0 aliphatic carbocycles. The van der Waals surface area contributed by atoms with Crippen LogP contribution in [0.15, 0.2) is 22.5 Å². The van der Waals surface area contributed by atoms with Crippen molar-refractivity contribution in [3.63, 3.8) is 0 Å². The molecule has 0 saturated carbocycles. The molecule has 140 valence electrons. The minimum atomic E-state index is 0. The molecular formula is C18H29IN4S2. The van der Waals surface area contributed by atoms with E-state index in [0.717, 1.165) is 44.0 Å². The van der Waals surface area contributed by atoms with Crippen LogP contribution in [0.1, 0.15) is 41.2 Å². The molecule has 0 aromatic carbocycles. The third-order valence-electron chi connectivity index (χ3n) is 3.57. The molecule has 2 rings (SSSR count). The van der Waals surface area contributed by atoms with Gasteiger partial charge in [0.25, 0.3) is 0 Å². The van der Waals surface area contributed by atoms with Crippen LogP contribution in [0.25, 0.3) is 0 Å². The summed E-state index contributed by atoms with van der Waals surface area (Å²) in [6.07, 6.45) is 2.93. The van der Waals surface area contributed by atoms with Crippen molar-refractivity contribution in [2.45, 2.75) is 53.0 Å². The molecule has 2 aromatic rings. The summed E-state index contributed by atoms with van der Waals surface area (Å²) in [6.45, 7) is 10.2. The van der Waals surface area contributed by atoms with Crippen LogP contribution >= 0.6 is 46.7 Å². The van der Waals surface area contributed by atoms with Gasteiger partial charge in [-0.1, -0.05) is 6.92 Å². The molecular weight excluding hydrogens is 463 g/mol. The van der Waals surface area contributed by atoms with Crippen LogP contribution in [0.3, 0.4) is 0 Å². The zero-order valence-electron chi connectivity index (χ0n) is 15.5. The molecule has 1 atom stereocenters. The van der Waals surface area contributed by atoms with Crippen LogP contribution < -0.4 is 10.6 Å². The average Bonchev–Trinajstić information content (AvgIpc) is 3.16. The number of halogens is 1. The number of thiophene rings is 1. The Bertz CT molecular complexity index is 651. The standard InChI is InChI=1S/C18H28N4S2.HI/c1-5-17-22-15(12-23-17)9-10-20-18(19-6-2)21-13(3)11-16-8-7-14(4)24-16;/h7-8,12-13H,5-6,9-11H2,1-4H3,(H2,19,20,21);1H. The molecule has 0 saturated heterocycles. The normalized spacial score (nSPS) is 12.6. The van der Waals surface area contributed by atoms with E-state index in [0.29, 0.717) is 6.04 Å². The van der Waals surface area contributed by atoms with Crippen LogP contribution in [0.4, 0.5) is 0 Å². The topological polar surface area (TPSA) is 49.3 Å². The third kappa shape index (κ3) is 8.04. The highest BCUT2D eigenvalue weighted by molar-refractivity contribution is 14.0. The van der Waals surface area contributed by atoms with Gasteiger partial charge in [-0.2, -0.15) is 0 Å². The maximum Gasteiger partial charge on any atom is 0.191 e. The van der Waals surface area contributed by atoms with Crippen LogP contribution in [-0.2, 0) is 19.3 Å². The van der Waals surface area contributed by atoms with E-state index in [1.165, 1.54) is 14.8 Å². The lowest BCUT2D eigenvalue weighted by molar-refractivity contribution is 0.645. The second-order valence-corrected chi connectivity index (χ2v) is 8.17. The van der Waals surface area contributed by atoms with Gasteiger partial charge >= 0.3 is 0 Å². The number of aromatic nitrogens is 1. The van der Waals surface area contributed by atoms with E-state index in [2.05, 4.69) is 60.8 Å². The molecule has 2 aromatic heterocycles.